The number of piperazine rings is 1. The van der Waals surface area contributed by atoms with Gasteiger partial charge in [0.05, 0.1) is 7.11 Å². The van der Waals surface area contributed by atoms with E-state index in [0.29, 0.717) is 16.3 Å². The monoisotopic (exact) mass is 499 g/mol. The highest BCUT2D eigenvalue weighted by atomic mass is 35.5. The summed E-state index contributed by atoms with van der Waals surface area (Å²) in [6.45, 7) is 0.827. The minimum atomic E-state index is -3.68. The van der Waals surface area contributed by atoms with Crippen molar-refractivity contribution < 1.29 is 17.9 Å². The minimum absolute atomic E-state index is 0.0730. The number of halogens is 1. The molecule has 0 saturated carbocycles. The van der Waals surface area contributed by atoms with E-state index >= 15 is 0 Å². The van der Waals surface area contributed by atoms with E-state index in [9.17, 15) is 13.2 Å². The maximum atomic E-state index is 12.8. The van der Waals surface area contributed by atoms with Crippen LogP contribution in [0, 0.1) is 0 Å². The third-order valence-electron chi connectivity index (χ3n) is 5.36. The van der Waals surface area contributed by atoms with Gasteiger partial charge in [0.25, 0.3) is 5.91 Å². The first-order valence-electron chi connectivity index (χ1n) is 10.4. The molecule has 1 saturated heterocycles. The number of ether oxygens (including phenoxy) is 1. The van der Waals surface area contributed by atoms with Gasteiger partial charge in [0.1, 0.15) is 5.75 Å². The van der Waals surface area contributed by atoms with Gasteiger partial charge in [-0.2, -0.15) is 4.31 Å². The number of pyridine rings is 1. The second-order valence-corrected chi connectivity index (χ2v) is 9.71. The van der Waals surface area contributed by atoms with Crippen molar-refractivity contribution >= 4 is 33.6 Å². The number of carbonyl (C=O) groups excluding carboxylic acids is 1. The number of nitrogens with zero attached hydrogens (tertiary/aromatic N) is 5. The maximum absolute atomic E-state index is 12.8. The Balaban J connectivity index is 1.38. The van der Waals surface area contributed by atoms with Crippen LogP contribution in [0.4, 0.5) is 0 Å². The Kier molecular flexibility index (Phi) is 7.20. The molecule has 0 atom stereocenters. The van der Waals surface area contributed by atoms with Crippen molar-refractivity contribution in [1.82, 2.24) is 24.2 Å². The lowest BCUT2D eigenvalue weighted by atomic mass is 10.1. The summed E-state index contributed by atoms with van der Waals surface area (Å²) in [5.74, 6) is 0.216. The number of hydrogen-bond donors (Lipinski definition) is 0. The third-order valence-corrected chi connectivity index (χ3v) is 7.16. The molecule has 4 rings (SSSR count). The SMILES string of the molecule is COc1cc(Cl)ccc1/C=C/S(=O)(=O)N1CCN(C(=O)c2ncc(-c3ccncc3)cn2)CC1. The van der Waals surface area contributed by atoms with E-state index in [1.54, 1.807) is 47.9 Å². The van der Waals surface area contributed by atoms with Crippen LogP contribution in [0.5, 0.6) is 5.75 Å². The molecule has 0 N–H and O–H groups in total. The number of carbonyl (C=O) groups is 1. The summed E-state index contributed by atoms with van der Waals surface area (Å²) >= 11 is 5.95. The van der Waals surface area contributed by atoms with E-state index in [0.717, 1.165) is 16.5 Å². The van der Waals surface area contributed by atoms with Crippen LogP contribution in [0.25, 0.3) is 17.2 Å². The molecular weight excluding hydrogens is 478 g/mol. The number of amides is 1. The molecule has 3 aromatic rings. The molecule has 0 aliphatic carbocycles. The number of hydrogen-bond acceptors (Lipinski definition) is 7. The summed E-state index contributed by atoms with van der Waals surface area (Å²) < 4.78 is 32.2. The second kappa shape index (κ2) is 10.3. The lowest BCUT2D eigenvalue weighted by molar-refractivity contribution is 0.0686. The van der Waals surface area contributed by atoms with Crippen LogP contribution in [-0.4, -0.2) is 71.8 Å². The predicted octanol–water partition coefficient (Wildman–Crippen LogP) is 2.96. The first-order chi connectivity index (χ1) is 16.4. The molecule has 0 radical (unpaired) electrons. The van der Waals surface area contributed by atoms with Crippen LogP contribution >= 0.6 is 11.6 Å². The van der Waals surface area contributed by atoms with E-state index in [4.69, 9.17) is 16.3 Å². The van der Waals surface area contributed by atoms with Gasteiger partial charge in [-0.3, -0.25) is 9.78 Å². The van der Waals surface area contributed by atoms with Crippen LogP contribution in [-0.2, 0) is 10.0 Å². The lowest BCUT2D eigenvalue weighted by Gasteiger charge is -2.32. The van der Waals surface area contributed by atoms with E-state index in [2.05, 4.69) is 15.0 Å². The maximum Gasteiger partial charge on any atom is 0.291 e. The summed E-state index contributed by atoms with van der Waals surface area (Å²) in [5.41, 5.74) is 2.27. The van der Waals surface area contributed by atoms with Gasteiger partial charge >= 0.3 is 0 Å². The quantitative estimate of drug-likeness (QED) is 0.513. The Labute approximate surface area is 202 Å². The largest absolute Gasteiger partial charge is 0.496 e. The van der Waals surface area contributed by atoms with Gasteiger partial charge < -0.3 is 9.64 Å². The van der Waals surface area contributed by atoms with Crippen LogP contribution in [0.15, 0.2) is 60.5 Å². The molecule has 0 bridgehead atoms. The number of aromatic nitrogens is 3. The van der Waals surface area contributed by atoms with Crippen molar-refractivity contribution in [2.45, 2.75) is 0 Å². The van der Waals surface area contributed by atoms with Crippen molar-refractivity contribution in [3.8, 4) is 16.9 Å². The molecule has 1 amide bonds. The first-order valence-corrected chi connectivity index (χ1v) is 12.3. The van der Waals surface area contributed by atoms with Gasteiger partial charge in [-0.15, -0.1) is 0 Å². The molecule has 1 aliphatic rings. The summed E-state index contributed by atoms with van der Waals surface area (Å²) in [7, 11) is -2.19. The van der Waals surface area contributed by atoms with Crippen LogP contribution in [0.1, 0.15) is 16.2 Å². The smallest absolute Gasteiger partial charge is 0.291 e. The van der Waals surface area contributed by atoms with Gasteiger partial charge in [-0.1, -0.05) is 11.6 Å². The normalized spacial score (nSPS) is 14.9. The van der Waals surface area contributed by atoms with Gasteiger partial charge in [0, 0.05) is 72.5 Å². The summed E-state index contributed by atoms with van der Waals surface area (Å²) in [5, 5.41) is 1.63. The molecule has 0 unspecified atom stereocenters. The highest BCUT2D eigenvalue weighted by Crippen LogP contribution is 2.25. The summed E-state index contributed by atoms with van der Waals surface area (Å²) in [6.07, 6.45) is 7.99. The van der Waals surface area contributed by atoms with Crippen molar-refractivity contribution in [3.05, 3.63) is 76.9 Å². The zero-order chi connectivity index (χ0) is 24.1. The van der Waals surface area contributed by atoms with Gasteiger partial charge in [0.2, 0.25) is 15.8 Å². The molecule has 3 heterocycles. The zero-order valence-corrected chi connectivity index (χ0v) is 19.9. The van der Waals surface area contributed by atoms with E-state index in [1.807, 2.05) is 12.1 Å². The third kappa shape index (κ3) is 5.41. The summed E-state index contributed by atoms with van der Waals surface area (Å²) in [6, 6.07) is 8.62. The molecule has 1 aromatic carbocycles. The summed E-state index contributed by atoms with van der Waals surface area (Å²) in [4.78, 5) is 26.7. The highest BCUT2D eigenvalue weighted by molar-refractivity contribution is 7.92. The topological polar surface area (TPSA) is 106 Å². The van der Waals surface area contributed by atoms with E-state index < -0.39 is 10.0 Å². The van der Waals surface area contributed by atoms with E-state index in [1.165, 1.54) is 17.5 Å². The van der Waals surface area contributed by atoms with Crippen LogP contribution in [0.2, 0.25) is 5.02 Å². The highest BCUT2D eigenvalue weighted by Gasteiger charge is 2.29. The Hall–Kier alpha value is -3.34. The Morgan fingerprint density at radius 1 is 1.03 bits per heavy atom. The van der Waals surface area contributed by atoms with Crippen molar-refractivity contribution in [1.29, 1.82) is 0 Å². The van der Waals surface area contributed by atoms with Crippen LogP contribution in [0.3, 0.4) is 0 Å². The Morgan fingerprint density at radius 2 is 1.71 bits per heavy atom. The average molecular weight is 500 g/mol. The standard InChI is InChI=1S/C23H22ClN5O4S/c1-33-21-14-20(24)3-2-18(21)6-13-34(31,32)29-11-9-28(10-12-29)23(30)22-26-15-19(16-27-22)17-4-7-25-8-5-17/h2-8,13-16H,9-12H2,1H3/b13-6+. The first kappa shape index (κ1) is 23.8. The average Bonchev–Trinajstić information content (AvgIpc) is 2.88. The van der Waals surface area contributed by atoms with E-state index in [-0.39, 0.29) is 37.9 Å². The number of sulfonamides is 1. The van der Waals surface area contributed by atoms with Crippen molar-refractivity contribution in [3.63, 3.8) is 0 Å². The zero-order valence-electron chi connectivity index (χ0n) is 18.3. The number of benzene rings is 1. The van der Waals surface area contributed by atoms with Gasteiger partial charge in [-0.25, -0.2) is 18.4 Å². The van der Waals surface area contributed by atoms with Crippen molar-refractivity contribution in [2.24, 2.45) is 0 Å². The molecule has 34 heavy (non-hydrogen) atoms. The molecular formula is C23H22ClN5O4S. The lowest BCUT2D eigenvalue weighted by Crippen LogP contribution is -2.50. The fourth-order valence-corrected chi connectivity index (χ4v) is 4.81. The Morgan fingerprint density at radius 3 is 2.35 bits per heavy atom. The molecule has 0 spiro atoms. The molecule has 176 valence electrons. The minimum Gasteiger partial charge on any atom is -0.496 e. The molecule has 11 heteroatoms. The molecule has 9 nitrogen and oxygen atoms in total. The number of rotatable bonds is 6. The fraction of sp³-hybridized carbons (Fsp3) is 0.217. The van der Waals surface area contributed by atoms with Crippen molar-refractivity contribution in [2.75, 3.05) is 33.3 Å². The fourth-order valence-electron chi connectivity index (χ4n) is 3.49. The van der Waals surface area contributed by atoms with Crippen LogP contribution < -0.4 is 4.74 Å². The molecule has 1 fully saturated rings. The van der Waals surface area contributed by atoms with Gasteiger partial charge in [-0.05, 0) is 42.0 Å². The number of methoxy groups -OCH3 is 1. The second-order valence-electron chi connectivity index (χ2n) is 7.46. The Bertz CT molecular complexity index is 1290. The predicted molar refractivity (Wildman–Crippen MR) is 129 cm³/mol. The van der Waals surface area contributed by atoms with Gasteiger partial charge in [0.15, 0.2) is 0 Å². The molecule has 2 aromatic heterocycles. The molecule has 1 aliphatic heterocycles.